The standard InChI is InChI=1S/C13H10BrN3O2/c14-10-11(8-4-2-1-3-5-8)16-13-15-7-6-9(18)17(13)12(10)19/h1-5H,6-7H2,(H,15,16). The van der Waals surface area contributed by atoms with E-state index in [1.54, 1.807) is 0 Å². The lowest BCUT2D eigenvalue weighted by atomic mass is 10.1. The number of nitrogens with one attached hydrogen (secondary N) is 1. The first kappa shape index (κ1) is 12.1. The number of benzene rings is 1. The molecule has 1 aromatic carbocycles. The smallest absolute Gasteiger partial charge is 0.276 e. The van der Waals surface area contributed by atoms with Gasteiger partial charge in [-0.2, -0.15) is 0 Å². The van der Waals surface area contributed by atoms with Crippen LogP contribution in [0.25, 0.3) is 11.3 Å². The lowest BCUT2D eigenvalue weighted by Crippen LogP contribution is -2.36. The highest BCUT2D eigenvalue weighted by atomic mass is 79.9. The predicted octanol–water partition coefficient (Wildman–Crippen LogP) is 2.13. The molecule has 2 aromatic rings. The van der Waals surface area contributed by atoms with E-state index in [2.05, 4.69) is 26.2 Å². The maximum atomic E-state index is 12.2. The zero-order valence-electron chi connectivity index (χ0n) is 9.89. The molecule has 0 fully saturated rings. The number of hydrogen-bond acceptors (Lipinski definition) is 4. The van der Waals surface area contributed by atoms with Crippen LogP contribution in [0.5, 0.6) is 0 Å². The molecule has 0 saturated heterocycles. The van der Waals surface area contributed by atoms with Gasteiger partial charge in [-0.1, -0.05) is 30.3 Å². The van der Waals surface area contributed by atoms with Crippen molar-refractivity contribution in [2.75, 3.05) is 11.9 Å². The molecule has 0 aliphatic carbocycles. The van der Waals surface area contributed by atoms with Gasteiger partial charge < -0.3 is 5.32 Å². The summed E-state index contributed by atoms with van der Waals surface area (Å²) in [5.41, 5.74) is 0.995. The Morgan fingerprint density at radius 3 is 2.68 bits per heavy atom. The van der Waals surface area contributed by atoms with E-state index >= 15 is 0 Å². The molecule has 0 radical (unpaired) electrons. The summed E-state index contributed by atoms with van der Waals surface area (Å²) in [5, 5.41) is 2.98. The Morgan fingerprint density at radius 2 is 1.95 bits per heavy atom. The summed E-state index contributed by atoms with van der Waals surface area (Å²) >= 11 is 3.25. The number of fused-ring (bicyclic) bond motifs is 1. The fourth-order valence-electron chi connectivity index (χ4n) is 2.03. The van der Waals surface area contributed by atoms with E-state index in [1.807, 2.05) is 30.3 Å². The largest absolute Gasteiger partial charge is 0.355 e. The molecule has 96 valence electrons. The second-order valence-corrected chi connectivity index (χ2v) is 4.97. The van der Waals surface area contributed by atoms with Gasteiger partial charge in [0.15, 0.2) is 0 Å². The van der Waals surface area contributed by atoms with Gasteiger partial charge in [-0.3, -0.25) is 9.59 Å². The molecule has 19 heavy (non-hydrogen) atoms. The minimum atomic E-state index is -0.374. The molecule has 5 nitrogen and oxygen atoms in total. The Hall–Kier alpha value is -1.95. The second-order valence-electron chi connectivity index (χ2n) is 4.18. The topological polar surface area (TPSA) is 64.0 Å². The van der Waals surface area contributed by atoms with Gasteiger partial charge in [-0.15, -0.1) is 0 Å². The van der Waals surface area contributed by atoms with Crippen LogP contribution < -0.4 is 10.9 Å². The van der Waals surface area contributed by atoms with E-state index < -0.39 is 0 Å². The summed E-state index contributed by atoms with van der Waals surface area (Å²) < 4.78 is 1.39. The van der Waals surface area contributed by atoms with Gasteiger partial charge in [0.25, 0.3) is 5.56 Å². The minimum Gasteiger partial charge on any atom is -0.355 e. The van der Waals surface area contributed by atoms with Crippen molar-refractivity contribution in [2.45, 2.75) is 6.42 Å². The number of aromatic nitrogens is 2. The Kier molecular flexibility index (Phi) is 2.94. The van der Waals surface area contributed by atoms with Crippen LogP contribution >= 0.6 is 15.9 Å². The van der Waals surface area contributed by atoms with Crippen molar-refractivity contribution in [3.63, 3.8) is 0 Å². The van der Waals surface area contributed by atoms with Crippen LogP contribution in [0, 0.1) is 0 Å². The first-order chi connectivity index (χ1) is 9.18. The molecule has 6 heteroatoms. The monoisotopic (exact) mass is 319 g/mol. The summed E-state index contributed by atoms with van der Waals surface area (Å²) in [7, 11) is 0. The fraction of sp³-hybridized carbons (Fsp3) is 0.154. The van der Waals surface area contributed by atoms with Gasteiger partial charge in [0, 0.05) is 18.5 Å². The third kappa shape index (κ3) is 1.98. The minimum absolute atomic E-state index is 0.230. The molecule has 1 N–H and O–H groups in total. The molecular formula is C13H10BrN3O2. The number of hydrogen-bond donors (Lipinski definition) is 1. The highest BCUT2D eigenvalue weighted by molar-refractivity contribution is 9.10. The molecule has 0 unspecified atom stereocenters. The van der Waals surface area contributed by atoms with Crippen LogP contribution in [-0.2, 0) is 0 Å². The molecule has 0 saturated carbocycles. The summed E-state index contributed by atoms with van der Waals surface area (Å²) in [6, 6.07) is 9.38. The van der Waals surface area contributed by atoms with E-state index in [1.165, 1.54) is 0 Å². The maximum Gasteiger partial charge on any atom is 0.276 e. The number of halogens is 1. The molecule has 0 atom stereocenters. The van der Waals surface area contributed by atoms with Crippen molar-refractivity contribution in [1.82, 2.24) is 9.55 Å². The normalized spacial score (nSPS) is 13.8. The van der Waals surface area contributed by atoms with E-state index in [0.717, 1.165) is 10.1 Å². The van der Waals surface area contributed by atoms with Gasteiger partial charge in [0.2, 0.25) is 11.9 Å². The van der Waals surface area contributed by atoms with Crippen molar-refractivity contribution >= 4 is 27.8 Å². The van der Waals surface area contributed by atoms with E-state index in [0.29, 0.717) is 29.1 Å². The van der Waals surface area contributed by atoms with Gasteiger partial charge in [0.05, 0.1) is 5.69 Å². The number of rotatable bonds is 1. The van der Waals surface area contributed by atoms with Crippen molar-refractivity contribution in [3.8, 4) is 11.3 Å². The number of anilines is 1. The molecule has 3 rings (SSSR count). The number of carbonyl (C=O) groups is 1. The zero-order chi connectivity index (χ0) is 13.4. The van der Waals surface area contributed by atoms with E-state index in [4.69, 9.17) is 0 Å². The molecule has 0 spiro atoms. The maximum absolute atomic E-state index is 12.2. The van der Waals surface area contributed by atoms with Crippen LogP contribution in [0.15, 0.2) is 39.6 Å². The van der Waals surface area contributed by atoms with Gasteiger partial charge in [0.1, 0.15) is 4.47 Å². The van der Waals surface area contributed by atoms with E-state index in [-0.39, 0.29) is 11.5 Å². The average Bonchev–Trinajstić information content (AvgIpc) is 2.43. The van der Waals surface area contributed by atoms with Crippen LogP contribution in [0.4, 0.5) is 5.95 Å². The number of carbonyl (C=O) groups excluding carboxylic acids is 1. The average molecular weight is 320 g/mol. The molecular weight excluding hydrogens is 310 g/mol. The number of nitrogens with zero attached hydrogens (tertiary/aromatic N) is 2. The molecule has 2 heterocycles. The van der Waals surface area contributed by atoms with Crippen LogP contribution in [0.3, 0.4) is 0 Å². The SMILES string of the molecule is O=C1CCNc2nc(-c3ccccc3)c(Br)c(=O)n21. The summed E-state index contributed by atoms with van der Waals surface area (Å²) in [5.74, 6) is 0.0786. The van der Waals surface area contributed by atoms with Crippen LogP contribution in [0.1, 0.15) is 11.2 Å². The Labute approximate surface area is 117 Å². The van der Waals surface area contributed by atoms with Crippen molar-refractivity contribution in [1.29, 1.82) is 0 Å². The molecule has 1 aromatic heterocycles. The Balaban J connectivity index is 2.27. The fourth-order valence-corrected chi connectivity index (χ4v) is 2.53. The molecule has 1 aliphatic heterocycles. The van der Waals surface area contributed by atoms with E-state index in [9.17, 15) is 9.59 Å². The summed E-state index contributed by atoms with van der Waals surface area (Å²) in [6.45, 7) is 0.501. The first-order valence-electron chi connectivity index (χ1n) is 5.83. The van der Waals surface area contributed by atoms with Gasteiger partial charge >= 0.3 is 0 Å². The molecule has 1 aliphatic rings. The highest BCUT2D eigenvalue weighted by Crippen LogP contribution is 2.25. The summed E-state index contributed by atoms with van der Waals surface area (Å²) in [6.07, 6.45) is 0.297. The second kappa shape index (κ2) is 4.62. The molecule has 0 bridgehead atoms. The van der Waals surface area contributed by atoms with Crippen molar-refractivity contribution in [3.05, 3.63) is 45.2 Å². The van der Waals surface area contributed by atoms with Gasteiger partial charge in [-0.25, -0.2) is 9.55 Å². The third-order valence-corrected chi connectivity index (χ3v) is 3.66. The van der Waals surface area contributed by atoms with Gasteiger partial charge in [-0.05, 0) is 15.9 Å². The summed E-state index contributed by atoms with van der Waals surface area (Å²) in [4.78, 5) is 28.4. The van der Waals surface area contributed by atoms with Crippen molar-refractivity contribution < 1.29 is 4.79 Å². The lowest BCUT2D eigenvalue weighted by molar-refractivity contribution is 0.0896. The lowest BCUT2D eigenvalue weighted by Gasteiger charge is -2.19. The van der Waals surface area contributed by atoms with Crippen LogP contribution in [-0.4, -0.2) is 22.0 Å². The Morgan fingerprint density at radius 1 is 1.21 bits per heavy atom. The Bertz CT molecular complexity index is 710. The first-order valence-corrected chi connectivity index (χ1v) is 6.63. The predicted molar refractivity (Wildman–Crippen MR) is 75.4 cm³/mol. The quantitative estimate of drug-likeness (QED) is 0.874. The third-order valence-electron chi connectivity index (χ3n) is 2.95. The molecule has 0 amide bonds. The van der Waals surface area contributed by atoms with Crippen molar-refractivity contribution in [2.24, 2.45) is 0 Å². The zero-order valence-corrected chi connectivity index (χ0v) is 11.5. The van der Waals surface area contributed by atoms with Crippen LogP contribution in [0.2, 0.25) is 0 Å². The highest BCUT2D eigenvalue weighted by Gasteiger charge is 2.23.